The molecule has 0 spiro atoms. The molecule has 1 unspecified atom stereocenters. The van der Waals surface area contributed by atoms with E-state index in [9.17, 15) is 4.79 Å². The van der Waals surface area contributed by atoms with Crippen molar-refractivity contribution in [3.63, 3.8) is 0 Å². The summed E-state index contributed by atoms with van der Waals surface area (Å²) >= 11 is 0. The minimum absolute atomic E-state index is 0.181. The largest absolute Gasteiger partial charge is 0.361 e. The topological polar surface area (TPSA) is 53.5 Å². The van der Waals surface area contributed by atoms with Crippen LogP contribution >= 0.6 is 0 Å². The summed E-state index contributed by atoms with van der Waals surface area (Å²) in [6.45, 7) is 2.65. The molecular formula is C15H15N3O. The lowest BCUT2D eigenvalue weighted by atomic mass is 10.1. The Hall–Kier alpha value is -2.36. The number of aliphatic imine (C=N–C) groups is 1. The summed E-state index contributed by atoms with van der Waals surface area (Å²) in [5, 5.41) is 8.18. The van der Waals surface area contributed by atoms with Gasteiger partial charge in [-0.05, 0) is 29.8 Å². The van der Waals surface area contributed by atoms with E-state index < -0.39 is 0 Å². The highest BCUT2D eigenvalue weighted by Gasteiger charge is 2.19. The van der Waals surface area contributed by atoms with Crippen molar-refractivity contribution in [2.24, 2.45) is 4.99 Å². The molecule has 1 atom stereocenters. The van der Waals surface area contributed by atoms with Gasteiger partial charge in [0.05, 0.1) is 6.54 Å². The molecule has 19 heavy (non-hydrogen) atoms. The summed E-state index contributed by atoms with van der Waals surface area (Å²) in [5.41, 5.74) is 0.785. The number of rotatable bonds is 2. The molecule has 96 valence electrons. The number of benzene rings is 2. The molecule has 1 aliphatic rings. The first-order valence-corrected chi connectivity index (χ1v) is 6.33. The van der Waals surface area contributed by atoms with Crippen LogP contribution in [0, 0.1) is 0 Å². The quantitative estimate of drug-likeness (QED) is 0.861. The second kappa shape index (κ2) is 4.72. The van der Waals surface area contributed by atoms with Crippen LogP contribution in [0.15, 0.2) is 47.5 Å². The highest BCUT2D eigenvalue weighted by Crippen LogP contribution is 2.18. The lowest BCUT2D eigenvalue weighted by molar-refractivity contribution is -0.110. The van der Waals surface area contributed by atoms with E-state index in [-0.39, 0.29) is 11.9 Å². The van der Waals surface area contributed by atoms with Crippen molar-refractivity contribution in [1.82, 2.24) is 5.32 Å². The fourth-order valence-corrected chi connectivity index (χ4v) is 2.15. The fraction of sp³-hybridized carbons (Fsp3) is 0.200. The van der Waals surface area contributed by atoms with E-state index in [4.69, 9.17) is 0 Å². The number of hydrogen-bond acceptors (Lipinski definition) is 3. The SMILES string of the molecule is CC1CN=C(C(=O)Nc2ccc3ccccc3c2)N1. The van der Waals surface area contributed by atoms with E-state index in [1.165, 1.54) is 0 Å². The molecule has 3 rings (SSSR count). The third-order valence-electron chi connectivity index (χ3n) is 3.13. The number of fused-ring (bicyclic) bond motifs is 1. The summed E-state index contributed by atoms with van der Waals surface area (Å²) in [7, 11) is 0. The van der Waals surface area contributed by atoms with Gasteiger partial charge in [0.25, 0.3) is 5.91 Å². The summed E-state index contributed by atoms with van der Waals surface area (Å²) in [4.78, 5) is 16.2. The number of nitrogens with one attached hydrogen (secondary N) is 2. The van der Waals surface area contributed by atoms with Gasteiger partial charge in [-0.3, -0.25) is 9.79 Å². The van der Waals surface area contributed by atoms with Gasteiger partial charge in [0.2, 0.25) is 0 Å². The second-order valence-corrected chi connectivity index (χ2v) is 4.75. The van der Waals surface area contributed by atoms with Gasteiger partial charge in [0.1, 0.15) is 0 Å². The number of carbonyl (C=O) groups excluding carboxylic acids is 1. The zero-order chi connectivity index (χ0) is 13.2. The number of amides is 1. The Balaban J connectivity index is 1.80. The Morgan fingerprint density at radius 2 is 2.05 bits per heavy atom. The minimum atomic E-state index is -0.181. The molecule has 2 aromatic carbocycles. The van der Waals surface area contributed by atoms with Gasteiger partial charge in [0.15, 0.2) is 5.84 Å². The van der Waals surface area contributed by atoms with Crippen LogP contribution in [0.3, 0.4) is 0 Å². The first-order chi connectivity index (χ1) is 9.22. The van der Waals surface area contributed by atoms with Crippen LogP contribution in [-0.2, 0) is 4.79 Å². The van der Waals surface area contributed by atoms with Crippen molar-refractivity contribution in [2.45, 2.75) is 13.0 Å². The number of anilines is 1. The van der Waals surface area contributed by atoms with Crippen LogP contribution in [0.1, 0.15) is 6.92 Å². The first kappa shape index (κ1) is 11.7. The van der Waals surface area contributed by atoms with Crippen LogP contribution in [0.2, 0.25) is 0 Å². The number of carbonyl (C=O) groups is 1. The van der Waals surface area contributed by atoms with Gasteiger partial charge in [-0.15, -0.1) is 0 Å². The molecular weight excluding hydrogens is 238 g/mol. The predicted molar refractivity (Wildman–Crippen MR) is 77.5 cm³/mol. The molecule has 0 saturated heterocycles. The van der Waals surface area contributed by atoms with Gasteiger partial charge in [-0.2, -0.15) is 0 Å². The summed E-state index contributed by atoms with van der Waals surface area (Å²) in [6, 6.07) is 14.2. The van der Waals surface area contributed by atoms with E-state index in [2.05, 4.69) is 15.6 Å². The van der Waals surface area contributed by atoms with Gasteiger partial charge >= 0.3 is 0 Å². The molecule has 4 nitrogen and oxygen atoms in total. The van der Waals surface area contributed by atoms with Crippen molar-refractivity contribution in [3.8, 4) is 0 Å². The monoisotopic (exact) mass is 253 g/mol. The molecule has 0 saturated carbocycles. The third-order valence-corrected chi connectivity index (χ3v) is 3.13. The molecule has 0 aromatic heterocycles. The van der Waals surface area contributed by atoms with E-state index in [0.29, 0.717) is 12.4 Å². The van der Waals surface area contributed by atoms with Crippen molar-refractivity contribution in [3.05, 3.63) is 42.5 Å². The van der Waals surface area contributed by atoms with Crippen LogP contribution < -0.4 is 10.6 Å². The molecule has 1 amide bonds. The fourth-order valence-electron chi connectivity index (χ4n) is 2.15. The summed E-state index contributed by atoms with van der Waals surface area (Å²) < 4.78 is 0. The Morgan fingerprint density at radius 3 is 2.79 bits per heavy atom. The van der Waals surface area contributed by atoms with E-state index in [0.717, 1.165) is 16.5 Å². The normalized spacial score (nSPS) is 17.9. The summed E-state index contributed by atoms with van der Waals surface area (Å²) in [6.07, 6.45) is 0. The average Bonchev–Trinajstić information content (AvgIpc) is 2.85. The Labute approximate surface area is 111 Å². The Bertz CT molecular complexity index is 663. The highest BCUT2D eigenvalue weighted by molar-refractivity contribution is 6.42. The molecule has 2 aromatic rings. The van der Waals surface area contributed by atoms with Crippen molar-refractivity contribution < 1.29 is 4.79 Å². The Kier molecular flexibility index (Phi) is 2.91. The number of amidine groups is 1. The van der Waals surface area contributed by atoms with Gasteiger partial charge in [-0.25, -0.2) is 0 Å². The maximum Gasteiger partial charge on any atom is 0.290 e. The van der Waals surface area contributed by atoms with Crippen LogP contribution in [-0.4, -0.2) is 24.3 Å². The van der Waals surface area contributed by atoms with Crippen LogP contribution in [0.5, 0.6) is 0 Å². The first-order valence-electron chi connectivity index (χ1n) is 6.33. The van der Waals surface area contributed by atoms with Crippen molar-refractivity contribution in [1.29, 1.82) is 0 Å². The molecule has 1 heterocycles. The number of hydrogen-bond donors (Lipinski definition) is 2. The summed E-state index contributed by atoms with van der Waals surface area (Å²) in [5.74, 6) is 0.236. The van der Waals surface area contributed by atoms with Crippen LogP contribution in [0.4, 0.5) is 5.69 Å². The highest BCUT2D eigenvalue weighted by atomic mass is 16.2. The van der Waals surface area contributed by atoms with Gasteiger partial charge < -0.3 is 10.6 Å². The molecule has 0 aliphatic carbocycles. The van der Waals surface area contributed by atoms with Crippen molar-refractivity contribution in [2.75, 3.05) is 11.9 Å². The molecule has 4 heteroatoms. The predicted octanol–water partition coefficient (Wildman–Crippen LogP) is 2.17. The molecule has 1 aliphatic heterocycles. The molecule has 0 fully saturated rings. The number of nitrogens with zero attached hydrogens (tertiary/aromatic N) is 1. The zero-order valence-corrected chi connectivity index (χ0v) is 10.7. The van der Waals surface area contributed by atoms with E-state index in [1.807, 2.05) is 49.4 Å². The standard InChI is InChI=1S/C15H15N3O/c1-10-9-16-14(17-10)15(19)18-13-7-6-11-4-2-3-5-12(11)8-13/h2-8,10H,9H2,1H3,(H,16,17)(H,18,19). The molecule has 0 bridgehead atoms. The van der Waals surface area contributed by atoms with Crippen molar-refractivity contribution >= 4 is 28.2 Å². The minimum Gasteiger partial charge on any atom is -0.361 e. The zero-order valence-electron chi connectivity index (χ0n) is 10.7. The second-order valence-electron chi connectivity index (χ2n) is 4.75. The molecule has 2 N–H and O–H groups in total. The van der Waals surface area contributed by atoms with Crippen LogP contribution in [0.25, 0.3) is 10.8 Å². The lowest BCUT2D eigenvalue weighted by Gasteiger charge is -2.08. The average molecular weight is 253 g/mol. The van der Waals surface area contributed by atoms with Gasteiger partial charge in [0, 0.05) is 11.7 Å². The van der Waals surface area contributed by atoms with E-state index in [1.54, 1.807) is 0 Å². The maximum atomic E-state index is 12.0. The third kappa shape index (κ3) is 2.42. The lowest BCUT2D eigenvalue weighted by Crippen LogP contribution is -2.36. The Morgan fingerprint density at radius 1 is 1.26 bits per heavy atom. The maximum absolute atomic E-state index is 12.0. The molecule has 0 radical (unpaired) electrons. The smallest absolute Gasteiger partial charge is 0.290 e. The van der Waals surface area contributed by atoms with E-state index >= 15 is 0 Å². The van der Waals surface area contributed by atoms with Gasteiger partial charge in [-0.1, -0.05) is 30.3 Å².